The van der Waals surface area contributed by atoms with E-state index in [1.54, 1.807) is 19.2 Å². The molecule has 0 atom stereocenters. The van der Waals surface area contributed by atoms with Gasteiger partial charge in [-0.25, -0.2) is 5.84 Å². The minimum atomic E-state index is -0.257. The van der Waals surface area contributed by atoms with Crippen LogP contribution in [0.4, 0.5) is 0 Å². The minimum Gasteiger partial charge on any atom is -0.381 e. The van der Waals surface area contributed by atoms with E-state index in [0.717, 1.165) is 32.5 Å². The van der Waals surface area contributed by atoms with Crippen molar-refractivity contribution < 1.29 is 9.53 Å². The van der Waals surface area contributed by atoms with Crippen LogP contribution in [0.2, 0.25) is 0 Å². The predicted octanol–water partition coefficient (Wildman–Crippen LogP) is 0.901. The summed E-state index contributed by atoms with van der Waals surface area (Å²) in [5, 5.41) is 0. The molecule has 0 spiro atoms. The quantitative estimate of drug-likeness (QED) is 0.481. The van der Waals surface area contributed by atoms with Crippen LogP contribution in [0.3, 0.4) is 0 Å². The Balaban J connectivity index is 1.88. The lowest BCUT2D eigenvalue weighted by atomic mass is 10.1. The van der Waals surface area contributed by atoms with E-state index in [-0.39, 0.29) is 5.91 Å². The number of carbonyl (C=O) groups excluding carboxylic acids is 1. The van der Waals surface area contributed by atoms with Crippen molar-refractivity contribution in [2.75, 3.05) is 20.2 Å². The molecule has 0 saturated carbocycles. The van der Waals surface area contributed by atoms with Crippen LogP contribution in [0.15, 0.2) is 24.3 Å². The molecule has 5 nitrogen and oxygen atoms in total. The van der Waals surface area contributed by atoms with E-state index >= 15 is 0 Å². The summed E-state index contributed by atoms with van der Waals surface area (Å²) in [7, 11) is 1.78. The number of nitrogens with two attached hydrogens (primary N) is 1. The number of amides is 1. The Kier molecular flexibility index (Phi) is 4.90. The summed E-state index contributed by atoms with van der Waals surface area (Å²) in [5.74, 6) is 4.84. The summed E-state index contributed by atoms with van der Waals surface area (Å²) in [6, 6.07) is 7.57. The lowest BCUT2D eigenvalue weighted by molar-refractivity contribution is 0.0388. The number of benzene rings is 1. The summed E-state index contributed by atoms with van der Waals surface area (Å²) in [6.45, 7) is 3.04. The maximum absolute atomic E-state index is 11.3. The number of methoxy groups -OCH3 is 1. The number of nitrogens with zero attached hydrogens (tertiary/aromatic N) is 1. The van der Waals surface area contributed by atoms with Gasteiger partial charge in [-0.2, -0.15) is 0 Å². The van der Waals surface area contributed by atoms with Crippen molar-refractivity contribution in [1.82, 2.24) is 10.3 Å². The van der Waals surface area contributed by atoms with E-state index in [9.17, 15) is 4.79 Å². The van der Waals surface area contributed by atoms with Gasteiger partial charge in [0.05, 0.1) is 6.10 Å². The first-order valence-electron chi connectivity index (χ1n) is 6.58. The van der Waals surface area contributed by atoms with Crippen molar-refractivity contribution in [3.8, 4) is 0 Å². The molecule has 1 saturated heterocycles. The Labute approximate surface area is 113 Å². The fraction of sp³-hybridized carbons (Fsp3) is 0.500. The topological polar surface area (TPSA) is 67.6 Å². The molecular weight excluding hydrogens is 242 g/mol. The van der Waals surface area contributed by atoms with Gasteiger partial charge in [-0.3, -0.25) is 15.1 Å². The molecular formula is C14H21N3O2. The molecule has 0 unspecified atom stereocenters. The maximum Gasteiger partial charge on any atom is 0.265 e. The maximum atomic E-state index is 11.3. The first kappa shape index (κ1) is 14.0. The number of rotatable bonds is 4. The zero-order valence-corrected chi connectivity index (χ0v) is 11.3. The minimum absolute atomic E-state index is 0.257. The second-order valence-corrected chi connectivity index (χ2v) is 4.88. The molecule has 0 aromatic heterocycles. The molecule has 1 heterocycles. The van der Waals surface area contributed by atoms with Crippen molar-refractivity contribution in [1.29, 1.82) is 0 Å². The molecule has 1 fully saturated rings. The zero-order chi connectivity index (χ0) is 13.7. The van der Waals surface area contributed by atoms with Gasteiger partial charge < -0.3 is 4.74 Å². The van der Waals surface area contributed by atoms with Gasteiger partial charge in [-0.05, 0) is 30.5 Å². The molecule has 1 aromatic carbocycles. The van der Waals surface area contributed by atoms with Crippen LogP contribution in [-0.2, 0) is 11.3 Å². The van der Waals surface area contributed by atoms with Crippen LogP contribution < -0.4 is 11.3 Å². The van der Waals surface area contributed by atoms with Gasteiger partial charge in [-0.15, -0.1) is 0 Å². The van der Waals surface area contributed by atoms with E-state index in [2.05, 4.69) is 10.3 Å². The smallest absolute Gasteiger partial charge is 0.265 e. The monoisotopic (exact) mass is 263 g/mol. The molecule has 19 heavy (non-hydrogen) atoms. The first-order chi connectivity index (χ1) is 9.22. The number of carbonyl (C=O) groups is 1. The average molecular weight is 263 g/mol. The largest absolute Gasteiger partial charge is 0.381 e. The van der Waals surface area contributed by atoms with Crippen molar-refractivity contribution in [2.45, 2.75) is 25.5 Å². The van der Waals surface area contributed by atoms with Gasteiger partial charge in [-0.1, -0.05) is 12.1 Å². The van der Waals surface area contributed by atoms with Gasteiger partial charge in [0.2, 0.25) is 0 Å². The number of hydrogen-bond donors (Lipinski definition) is 2. The Morgan fingerprint density at radius 2 is 2.00 bits per heavy atom. The molecule has 1 aliphatic rings. The van der Waals surface area contributed by atoms with Crippen molar-refractivity contribution in [3.63, 3.8) is 0 Å². The fourth-order valence-electron chi connectivity index (χ4n) is 2.41. The van der Waals surface area contributed by atoms with Gasteiger partial charge >= 0.3 is 0 Å². The molecule has 0 radical (unpaired) electrons. The molecule has 1 aliphatic heterocycles. The molecule has 0 aliphatic carbocycles. The standard InChI is InChI=1S/C14H21N3O2/c1-19-13-6-8-17(9-7-13)10-11-2-4-12(5-3-11)14(18)16-15/h2-5,13H,6-10,15H2,1H3,(H,16,18). The molecule has 5 heteroatoms. The van der Waals surface area contributed by atoms with Crippen LogP contribution in [0.1, 0.15) is 28.8 Å². The zero-order valence-electron chi connectivity index (χ0n) is 11.3. The number of hydrazine groups is 1. The molecule has 2 rings (SSSR count). The van der Waals surface area contributed by atoms with Crippen LogP contribution >= 0.6 is 0 Å². The Bertz CT molecular complexity index is 411. The number of nitrogen functional groups attached to an aromatic ring is 1. The normalized spacial score (nSPS) is 17.4. The van der Waals surface area contributed by atoms with E-state index in [1.807, 2.05) is 12.1 Å². The summed E-state index contributed by atoms with van der Waals surface area (Å²) < 4.78 is 5.36. The van der Waals surface area contributed by atoms with Crippen molar-refractivity contribution in [2.24, 2.45) is 5.84 Å². The van der Waals surface area contributed by atoms with Crippen LogP contribution in [0.5, 0.6) is 0 Å². The highest BCUT2D eigenvalue weighted by Crippen LogP contribution is 2.16. The van der Waals surface area contributed by atoms with Gasteiger partial charge in [0.1, 0.15) is 0 Å². The summed E-state index contributed by atoms with van der Waals surface area (Å²) >= 11 is 0. The number of likely N-dealkylation sites (tertiary alicyclic amines) is 1. The highest BCUT2D eigenvalue weighted by molar-refractivity contribution is 5.93. The number of piperidine rings is 1. The Morgan fingerprint density at radius 3 is 2.53 bits per heavy atom. The second-order valence-electron chi connectivity index (χ2n) is 4.88. The van der Waals surface area contributed by atoms with Crippen molar-refractivity contribution >= 4 is 5.91 Å². The third-order valence-corrected chi connectivity index (χ3v) is 3.62. The molecule has 1 amide bonds. The number of ether oxygens (including phenoxy) is 1. The summed E-state index contributed by atoms with van der Waals surface area (Å²) in [5.41, 5.74) is 3.93. The third kappa shape index (κ3) is 3.76. The van der Waals surface area contributed by atoms with E-state index in [1.165, 1.54) is 5.56 Å². The van der Waals surface area contributed by atoms with Gasteiger partial charge in [0.25, 0.3) is 5.91 Å². The summed E-state index contributed by atoms with van der Waals surface area (Å²) in [6.07, 6.45) is 2.58. The van der Waals surface area contributed by atoms with Gasteiger partial charge in [0, 0.05) is 32.3 Å². The predicted molar refractivity (Wildman–Crippen MR) is 73.4 cm³/mol. The van der Waals surface area contributed by atoms with Crippen LogP contribution in [-0.4, -0.2) is 37.1 Å². The average Bonchev–Trinajstić information content (AvgIpc) is 2.48. The second kappa shape index (κ2) is 6.65. The molecule has 3 N–H and O–H groups in total. The van der Waals surface area contributed by atoms with Crippen LogP contribution in [0, 0.1) is 0 Å². The van der Waals surface area contributed by atoms with Gasteiger partial charge in [0.15, 0.2) is 0 Å². The van der Waals surface area contributed by atoms with E-state index in [4.69, 9.17) is 10.6 Å². The highest BCUT2D eigenvalue weighted by atomic mass is 16.5. The summed E-state index contributed by atoms with van der Waals surface area (Å²) in [4.78, 5) is 13.7. The first-order valence-corrected chi connectivity index (χ1v) is 6.58. The Morgan fingerprint density at radius 1 is 1.37 bits per heavy atom. The van der Waals surface area contributed by atoms with E-state index in [0.29, 0.717) is 11.7 Å². The van der Waals surface area contributed by atoms with E-state index < -0.39 is 0 Å². The Hall–Kier alpha value is -1.43. The lowest BCUT2D eigenvalue weighted by Gasteiger charge is -2.31. The SMILES string of the molecule is COC1CCN(Cc2ccc(C(=O)NN)cc2)CC1. The highest BCUT2D eigenvalue weighted by Gasteiger charge is 2.18. The van der Waals surface area contributed by atoms with Crippen molar-refractivity contribution in [3.05, 3.63) is 35.4 Å². The third-order valence-electron chi connectivity index (χ3n) is 3.62. The number of hydrogen-bond acceptors (Lipinski definition) is 4. The van der Waals surface area contributed by atoms with Crippen LogP contribution in [0.25, 0.3) is 0 Å². The molecule has 1 aromatic rings. The molecule has 0 bridgehead atoms. The lowest BCUT2D eigenvalue weighted by Crippen LogP contribution is -2.36. The fourth-order valence-corrected chi connectivity index (χ4v) is 2.41. The molecule has 104 valence electrons. The number of nitrogens with one attached hydrogen (secondary N) is 1.